The van der Waals surface area contributed by atoms with Crippen LogP contribution >= 0.6 is 0 Å². The molecular formula is C16H20F2O2. The Hall–Kier alpha value is -1.45. The highest BCUT2D eigenvalue weighted by atomic mass is 19.1. The maximum atomic E-state index is 13.8. The fourth-order valence-electron chi connectivity index (χ4n) is 3.24. The van der Waals surface area contributed by atoms with Crippen LogP contribution in [-0.4, -0.2) is 11.1 Å². The molecule has 4 heteroatoms. The second-order valence-electron chi connectivity index (χ2n) is 5.97. The fraction of sp³-hybridized carbons (Fsp3) is 0.562. The number of carboxylic acid groups (broad SMARTS) is 1. The number of hydrogen-bond donors (Lipinski definition) is 1. The van der Waals surface area contributed by atoms with E-state index in [1.165, 1.54) is 19.1 Å². The van der Waals surface area contributed by atoms with Gasteiger partial charge in [-0.25, -0.2) is 8.78 Å². The summed E-state index contributed by atoms with van der Waals surface area (Å²) in [6.07, 6.45) is 4.93. The van der Waals surface area contributed by atoms with Crippen LogP contribution in [0.5, 0.6) is 0 Å². The monoisotopic (exact) mass is 282 g/mol. The van der Waals surface area contributed by atoms with Crippen molar-refractivity contribution in [3.05, 3.63) is 34.9 Å². The largest absolute Gasteiger partial charge is 0.481 e. The van der Waals surface area contributed by atoms with Crippen molar-refractivity contribution in [2.75, 3.05) is 0 Å². The van der Waals surface area contributed by atoms with Gasteiger partial charge in [0, 0.05) is 0 Å². The molecule has 2 rings (SSSR count). The molecule has 0 amide bonds. The molecule has 1 aliphatic rings. The van der Waals surface area contributed by atoms with E-state index in [0.717, 1.165) is 25.7 Å². The zero-order valence-electron chi connectivity index (χ0n) is 11.7. The summed E-state index contributed by atoms with van der Waals surface area (Å²) in [6.45, 7) is 1.53. The maximum Gasteiger partial charge on any atom is 0.303 e. The van der Waals surface area contributed by atoms with Gasteiger partial charge in [-0.15, -0.1) is 0 Å². The Morgan fingerprint density at radius 3 is 2.50 bits per heavy atom. The van der Waals surface area contributed by atoms with E-state index in [0.29, 0.717) is 24.0 Å². The SMILES string of the molecule is Cc1cc(F)c(CCC2(CC(=O)O)CCCC2)cc1F. The summed E-state index contributed by atoms with van der Waals surface area (Å²) in [6, 6.07) is 2.46. The number of rotatable bonds is 5. The zero-order valence-corrected chi connectivity index (χ0v) is 11.7. The van der Waals surface area contributed by atoms with E-state index in [9.17, 15) is 13.6 Å². The molecule has 1 aromatic rings. The first-order valence-corrected chi connectivity index (χ1v) is 7.08. The Bertz CT molecular complexity index is 505. The van der Waals surface area contributed by atoms with Crippen molar-refractivity contribution >= 4 is 5.97 Å². The van der Waals surface area contributed by atoms with Crippen molar-refractivity contribution in [3.63, 3.8) is 0 Å². The Labute approximate surface area is 117 Å². The molecule has 20 heavy (non-hydrogen) atoms. The van der Waals surface area contributed by atoms with E-state index in [1.807, 2.05) is 0 Å². The molecule has 1 aliphatic carbocycles. The molecule has 0 saturated heterocycles. The summed E-state index contributed by atoms with van der Waals surface area (Å²) in [7, 11) is 0. The van der Waals surface area contributed by atoms with Crippen molar-refractivity contribution in [1.82, 2.24) is 0 Å². The van der Waals surface area contributed by atoms with Crippen molar-refractivity contribution in [2.45, 2.75) is 51.9 Å². The first kappa shape index (κ1) is 14.9. The summed E-state index contributed by atoms with van der Waals surface area (Å²) >= 11 is 0. The molecule has 0 unspecified atom stereocenters. The van der Waals surface area contributed by atoms with E-state index in [1.54, 1.807) is 0 Å². The first-order valence-electron chi connectivity index (χ1n) is 7.08. The van der Waals surface area contributed by atoms with Gasteiger partial charge in [-0.3, -0.25) is 4.79 Å². The first-order chi connectivity index (χ1) is 9.42. The van der Waals surface area contributed by atoms with Crippen molar-refractivity contribution < 1.29 is 18.7 Å². The quantitative estimate of drug-likeness (QED) is 0.877. The smallest absolute Gasteiger partial charge is 0.303 e. The van der Waals surface area contributed by atoms with Crippen LogP contribution in [0.2, 0.25) is 0 Å². The molecule has 0 aromatic heterocycles. The third-order valence-corrected chi connectivity index (χ3v) is 4.44. The molecule has 2 nitrogen and oxygen atoms in total. The third-order valence-electron chi connectivity index (χ3n) is 4.44. The van der Waals surface area contributed by atoms with Crippen LogP contribution < -0.4 is 0 Å². The Kier molecular flexibility index (Phi) is 4.41. The molecule has 1 saturated carbocycles. The van der Waals surface area contributed by atoms with Crippen LogP contribution in [0.25, 0.3) is 0 Å². The number of hydrogen-bond acceptors (Lipinski definition) is 1. The molecule has 0 radical (unpaired) electrons. The second kappa shape index (κ2) is 5.90. The van der Waals surface area contributed by atoms with E-state index in [2.05, 4.69) is 0 Å². The van der Waals surface area contributed by atoms with E-state index >= 15 is 0 Å². The van der Waals surface area contributed by atoms with Gasteiger partial charge in [-0.05, 0) is 61.3 Å². The Balaban J connectivity index is 2.10. The van der Waals surface area contributed by atoms with Crippen LogP contribution in [0.3, 0.4) is 0 Å². The van der Waals surface area contributed by atoms with Gasteiger partial charge in [0.15, 0.2) is 0 Å². The summed E-state index contributed by atoms with van der Waals surface area (Å²) in [5, 5.41) is 9.04. The molecule has 0 aliphatic heterocycles. The van der Waals surface area contributed by atoms with Gasteiger partial charge in [-0.2, -0.15) is 0 Å². The molecule has 1 aromatic carbocycles. The standard InChI is InChI=1S/C16H20F2O2/c1-11-8-14(18)12(9-13(11)17)4-7-16(10-15(19)20)5-2-3-6-16/h8-9H,2-7,10H2,1H3,(H,19,20). The normalized spacial score (nSPS) is 17.4. The van der Waals surface area contributed by atoms with Gasteiger partial charge >= 0.3 is 5.97 Å². The minimum Gasteiger partial charge on any atom is -0.481 e. The molecule has 110 valence electrons. The molecule has 0 heterocycles. The van der Waals surface area contributed by atoms with E-state index in [4.69, 9.17) is 5.11 Å². The number of benzene rings is 1. The second-order valence-corrected chi connectivity index (χ2v) is 5.97. The van der Waals surface area contributed by atoms with Gasteiger partial charge in [0.2, 0.25) is 0 Å². The zero-order chi connectivity index (χ0) is 14.8. The van der Waals surface area contributed by atoms with Crippen molar-refractivity contribution in [1.29, 1.82) is 0 Å². The third kappa shape index (κ3) is 3.35. The van der Waals surface area contributed by atoms with Crippen LogP contribution in [0.4, 0.5) is 8.78 Å². The fourth-order valence-corrected chi connectivity index (χ4v) is 3.24. The summed E-state index contributed by atoms with van der Waals surface area (Å²) in [4.78, 5) is 11.0. The van der Waals surface area contributed by atoms with Gasteiger partial charge in [0.05, 0.1) is 6.42 Å². The minimum atomic E-state index is -0.803. The lowest BCUT2D eigenvalue weighted by atomic mass is 9.77. The molecule has 0 spiro atoms. The van der Waals surface area contributed by atoms with Gasteiger partial charge in [-0.1, -0.05) is 12.8 Å². The van der Waals surface area contributed by atoms with Crippen LogP contribution in [0.1, 0.15) is 49.7 Å². The maximum absolute atomic E-state index is 13.8. The van der Waals surface area contributed by atoms with Gasteiger partial charge in [0.25, 0.3) is 0 Å². The number of aryl methyl sites for hydroxylation is 2. The lowest BCUT2D eigenvalue weighted by molar-refractivity contribution is -0.139. The highest BCUT2D eigenvalue weighted by Crippen LogP contribution is 2.44. The lowest BCUT2D eigenvalue weighted by Gasteiger charge is -2.27. The average molecular weight is 282 g/mol. The predicted octanol–water partition coefficient (Wildman–Crippen LogP) is 4.24. The van der Waals surface area contributed by atoms with E-state index in [-0.39, 0.29) is 11.8 Å². The minimum absolute atomic E-state index is 0.128. The number of carbonyl (C=O) groups is 1. The molecule has 1 N–H and O–H groups in total. The Morgan fingerprint density at radius 2 is 1.90 bits per heavy atom. The molecule has 1 fully saturated rings. The Morgan fingerprint density at radius 1 is 1.25 bits per heavy atom. The predicted molar refractivity (Wildman–Crippen MR) is 72.6 cm³/mol. The highest BCUT2D eigenvalue weighted by Gasteiger charge is 2.35. The highest BCUT2D eigenvalue weighted by molar-refractivity contribution is 5.67. The molecule has 0 atom stereocenters. The summed E-state index contributed by atoms with van der Waals surface area (Å²) in [5.74, 6) is -1.60. The molecular weight excluding hydrogens is 262 g/mol. The number of carboxylic acids is 1. The van der Waals surface area contributed by atoms with Crippen molar-refractivity contribution in [2.24, 2.45) is 5.41 Å². The van der Waals surface area contributed by atoms with Gasteiger partial charge in [0.1, 0.15) is 11.6 Å². The van der Waals surface area contributed by atoms with Gasteiger partial charge < -0.3 is 5.11 Å². The summed E-state index contributed by atoms with van der Waals surface area (Å²) in [5.41, 5.74) is 0.414. The van der Waals surface area contributed by atoms with Crippen LogP contribution in [0.15, 0.2) is 12.1 Å². The average Bonchev–Trinajstić information content (AvgIpc) is 2.80. The van der Waals surface area contributed by atoms with Crippen LogP contribution in [-0.2, 0) is 11.2 Å². The molecule has 0 bridgehead atoms. The number of aliphatic carboxylic acids is 1. The van der Waals surface area contributed by atoms with E-state index < -0.39 is 17.6 Å². The summed E-state index contributed by atoms with van der Waals surface area (Å²) < 4.78 is 27.3. The van der Waals surface area contributed by atoms with Crippen LogP contribution in [0, 0.1) is 24.0 Å². The lowest BCUT2D eigenvalue weighted by Crippen LogP contribution is -2.22. The number of halogens is 2. The topological polar surface area (TPSA) is 37.3 Å². The van der Waals surface area contributed by atoms with Crippen molar-refractivity contribution in [3.8, 4) is 0 Å².